The fraction of sp³-hybridized carbons (Fsp3) is 0.632. The van der Waals surface area contributed by atoms with E-state index < -0.39 is 18.2 Å². The first kappa shape index (κ1) is 23.6. The Morgan fingerprint density at radius 3 is 2.97 bits per heavy atom. The van der Waals surface area contributed by atoms with E-state index in [9.17, 15) is 19.1 Å². The number of aliphatic hydroxyl groups is 1. The molecule has 162 valence electrons. The first-order valence-electron chi connectivity index (χ1n) is 9.42. The van der Waals surface area contributed by atoms with Gasteiger partial charge in [0, 0.05) is 17.7 Å². The van der Waals surface area contributed by atoms with E-state index in [1.807, 2.05) is 13.8 Å². The molecule has 0 bridgehead atoms. The van der Waals surface area contributed by atoms with Crippen molar-refractivity contribution in [3.63, 3.8) is 0 Å². The second-order valence-corrected chi connectivity index (χ2v) is 9.65. The number of nitrogens with zero attached hydrogens (tertiary/aromatic N) is 2. The molecule has 0 unspecified atom stereocenters. The van der Waals surface area contributed by atoms with E-state index in [2.05, 4.69) is 4.98 Å². The number of hydrogen-bond acceptors (Lipinski definition) is 7. The highest BCUT2D eigenvalue weighted by Gasteiger charge is 2.32. The molecule has 2 rings (SSSR count). The number of carbonyl (C=O) groups excluding carboxylic acids is 1. The summed E-state index contributed by atoms with van der Waals surface area (Å²) in [5.74, 6) is -0.517. The van der Waals surface area contributed by atoms with E-state index in [4.69, 9.17) is 9.84 Å². The SMILES string of the molecule is CC(C)(CCCCF)[C@H](O)/C=C/[C@H]1COC(=O)N1CCSc1nc(C(=O)O)cs1. The summed E-state index contributed by atoms with van der Waals surface area (Å²) >= 11 is 2.63. The van der Waals surface area contributed by atoms with Crippen molar-refractivity contribution in [3.8, 4) is 0 Å². The van der Waals surface area contributed by atoms with Crippen LogP contribution in [-0.2, 0) is 4.74 Å². The highest BCUT2D eigenvalue weighted by atomic mass is 32.2. The fourth-order valence-electron chi connectivity index (χ4n) is 2.85. The lowest BCUT2D eigenvalue weighted by atomic mass is 9.81. The fourth-order valence-corrected chi connectivity index (χ4v) is 4.66. The zero-order valence-corrected chi connectivity index (χ0v) is 18.2. The lowest BCUT2D eigenvalue weighted by molar-refractivity contribution is 0.0690. The van der Waals surface area contributed by atoms with Crippen LogP contribution < -0.4 is 0 Å². The molecule has 2 heterocycles. The number of aliphatic hydroxyl groups excluding tert-OH is 1. The van der Waals surface area contributed by atoms with Gasteiger partial charge in [-0.15, -0.1) is 11.3 Å². The summed E-state index contributed by atoms with van der Waals surface area (Å²) in [6, 6.07) is -0.273. The second-order valence-electron chi connectivity index (χ2n) is 7.45. The van der Waals surface area contributed by atoms with E-state index in [1.54, 1.807) is 17.1 Å². The Kier molecular flexibility index (Phi) is 8.91. The number of ether oxygens (including phenoxy) is 1. The summed E-state index contributed by atoms with van der Waals surface area (Å²) in [5, 5.41) is 20.9. The topological polar surface area (TPSA) is 100.0 Å². The van der Waals surface area contributed by atoms with Crippen LogP contribution in [0, 0.1) is 5.41 Å². The summed E-state index contributed by atoms with van der Waals surface area (Å²) in [6.45, 7) is 4.15. The Hall–Kier alpha value is -1.65. The number of unbranched alkanes of at least 4 members (excludes halogenated alkanes) is 1. The molecule has 1 aromatic rings. The molecular formula is C19H27FN2O5S2. The molecule has 0 aromatic carbocycles. The predicted octanol–water partition coefficient (Wildman–Crippen LogP) is 3.84. The number of thioether (sulfide) groups is 1. The Balaban J connectivity index is 1.86. The molecule has 2 N–H and O–H groups in total. The molecule has 1 amide bonds. The molecule has 1 aliphatic rings. The summed E-state index contributed by atoms with van der Waals surface area (Å²) in [4.78, 5) is 28.5. The number of aromatic nitrogens is 1. The van der Waals surface area contributed by atoms with Crippen LogP contribution in [0.2, 0.25) is 0 Å². The molecule has 1 fully saturated rings. The first-order valence-corrected chi connectivity index (χ1v) is 11.3. The minimum atomic E-state index is -1.06. The summed E-state index contributed by atoms with van der Waals surface area (Å²) in [5.41, 5.74) is -0.371. The van der Waals surface area contributed by atoms with Gasteiger partial charge in [0.2, 0.25) is 0 Å². The highest BCUT2D eigenvalue weighted by Crippen LogP contribution is 2.29. The molecule has 0 aliphatic carbocycles. The number of alkyl halides is 1. The quantitative estimate of drug-likeness (QED) is 0.286. The number of carbonyl (C=O) groups is 2. The lowest BCUT2D eigenvalue weighted by Crippen LogP contribution is -2.35. The Bertz CT molecular complexity index is 725. The zero-order chi connectivity index (χ0) is 21.4. The molecule has 7 nitrogen and oxygen atoms in total. The van der Waals surface area contributed by atoms with E-state index in [0.29, 0.717) is 35.9 Å². The van der Waals surface area contributed by atoms with Gasteiger partial charge in [-0.25, -0.2) is 14.6 Å². The second kappa shape index (κ2) is 10.9. The van der Waals surface area contributed by atoms with Gasteiger partial charge in [-0.05, 0) is 18.3 Å². The van der Waals surface area contributed by atoms with Crippen molar-refractivity contribution >= 4 is 35.2 Å². The van der Waals surface area contributed by atoms with Crippen LogP contribution in [-0.4, -0.2) is 69.9 Å². The number of carboxylic acids is 1. The number of rotatable bonds is 12. The standard InChI is InChI=1S/C19H27FN2O5S2/c1-19(2,7-3-4-8-20)15(23)6-5-13-11-27-18(26)22(13)9-10-28-17-21-14(12-29-17)16(24)25/h5-6,12-13,15,23H,3-4,7-11H2,1-2H3,(H,24,25)/b6-5+/t13-,15+/m0/s1. The third-order valence-corrected chi connectivity index (χ3v) is 6.79. The van der Waals surface area contributed by atoms with E-state index in [0.717, 1.165) is 0 Å². The average molecular weight is 447 g/mol. The van der Waals surface area contributed by atoms with E-state index >= 15 is 0 Å². The lowest BCUT2D eigenvalue weighted by Gasteiger charge is -2.29. The summed E-state index contributed by atoms with van der Waals surface area (Å²) in [6.07, 6.45) is 4.24. The average Bonchev–Trinajstić information content (AvgIpc) is 3.27. The number of hydrogen-bond donors (Lipinski definition) is 2. The van der Waals surface area contributed by atoms with Crippen LogP contribution >= 0.6 is 23.1 Å². The third-order valence-electron chi connectivity index (χ3n) is 4.79. The third kappa shape index (κ3) is 6.97. The number of thiazole rings is 1. The molecule has 0 saturated carbocycles. The van der Waals surface area contributed by atoms with Crippen molar-refractivity contribution in [1.29, 1.82) is 0 Å². The molecule has 0 spiro atoms. The maximum atomic E-state index is 12.3. The zero-order valence-electron chi connectivity index (χ0n) is 16.5. The van der Waals surface area contributed by atoms with Crippen LogP contribution in [0.1, 0.15) is 43.6 Å². The summed E-state index contributed by atoms with van der Waals surface area (Å²) < 4.78 is 18.0. The molecule has 29 heavy (non-hydrogen) atoms. The molecule has 2 atom stereocenters. The molecular weight excluding hydrogens is 419 g/mol. The number of carboxylic acid groups (broad SMARTS) is 1. The van der Waals surface area contributed by atoms with E-state index in [1.165, 1.54) is 28.5 Å². The van der Waals surface area contributed by atoms with Gasteiger partial charge < -0.3 is 14.9 Å². The molecule has 1 aliphatic heterocycles. The Morgan fingerprint density at radius 1 is 1.55 bits per heavy atom. The van der Waals surface area contributed by atoms with Gasteiger partial charge in [-0.1, -0.05) is 44.2 Å². The molecule has 10 heteroatoms. The van der Waals surface area contributed by atoms with Gasteiger partial charge in [-0.2, -0.15) is 0 Å². The largest absolute Gasteiger partial charge is 0.476 e. The minimum absolute atomic E-state index is 0.0157. The number of halogens is 1. The van der Waals surface area contributed by atoms with Crippen molar-refractivity contribution in [2.24, 2.45) is 5.41 Å². The van der Waals surface area contributed by atoms with E-state index in [-0.39, 0.29) is 30.4 Å². The number of amides is 1. The van der Waals surface area contributed by atoms with Gasteiger partial charge >= 0.3 is 12.1 Å². The van der Waals surface area contributed by atoms with Crippen molar-refractivity contribution < 1.29 is 28.9 Å². The Morgan fingerprint density at radius 2 is 2.31 bits per heavy atom. The van der Waals surface area contributed by atoms with Crippen LogP contribution in [0.4, 0.5) is 9.18 Å². The van der Waals surface area contributed by atoms with Crippen molar-refractivity contribution in [2.45, 2.75) is 49.6 Å². The first-order chi connectivity index (χ1) is 13.7. The Labute approximate surface area is 178 Å². The van der Waals surface area contributed by atoms with Gasteiger partial charge in [0.05, 0.1) is 18.8 Å². The molecule has 0 radical (unpaired) electrons. The van der Waals surface area contributed by atoms with Gasteiger partial charge in [0.15, 0.2) is 10.0 Å². The maximum absolute atomic E-state index is 12.3. The predicted molar refractivity (Wildman–Crippen MR) is 110 cm³/mol. The maximum Gasteiger partial charge on any atom is 0.410 e. The molecule has 1 saturated heterocycles. The van der Waals surface area contributed by atoms with Gasteiger partial charge in [0.25, 0.3) is 0 Å². The summed E-state index contributed by atoms with van der Waals surface area (Å²) in [7, 11) is 0. The highest BCUT2D eigenvalue weighted by molar-refractivity contribution is 8.01. The van der Waals surface area contributed by atoms with Crippen LogP contribution in [0.5, 0.6) is 0 Å². The van der Waals surface area contributed by atoms with Gasteiger partial charge in [0.1, 0.15) is 6.61 Å². The smallest absolute Gasteiger partial charge is 0.410 e. The minimum Gasteiger partial charge on any atom is -0.476 e. The van der Waals surface area contributed by atoms with Crippen LogP contribution in [0.15, 0.2) is 21.9 Å². The number of aromatic carboxylic acids is 1. The van der Waals surface area contributed by atoms with Crippen LogP contribution in [0.25, 0.3) is 0 Å². The number of cyclic esters (lactones) is 1. The van der Waals surface area contributed by atoms with Gasteiger partial charge in [-0.3, -0.25) is 9.29 Å². The molecule has 1 aromatic heterocycles. The monoisotopic (exact) mass is 446 g/mol. The van der Waals surface area contributed by atoms with Crippen LogP contribution in [0.3, 0.4) is 0 Å². The normalized spacial score (nSPS) is 18.4. The van der Waals surface area contributed by atoms with Crippen molar-refractivity contribution in [3.05, 3.63) is 23.2 Å². The van der Waals surface area contributed by atoms with Crippen molar-refractivity contribution in [1.82, 2.24) is 9.88 Å². The van der Waals surface area contributed by atoms with Crippen molar-refractivity contribution in [2.75, 3.05) is 25.6 Å².